The minimum absolute atomic E-state index is 0.0239. The lowest BCUT2D eigenvalue weighted by molar-refractivity contribution is -0.135. The summed E-state index contributed by atoms with van der Waals surface area (Å²) >= 11 is 1.51. The smallest absolute Gasteiger partial charge is 0.226 e. The third kappa shape index (κ3) is 3.07. The van der Waals surface area contributed by atoms with Gasteiger partial charge in [0.15, 0.2) is 6.04 Å². The molecule has 92 valence electrons. The van der Waals surface area contributed by atoms with E-state index in [4.69, 9.17) is 0 Å². The molecule has 0 N–H and O–H groups in total. The summed E-state index contributed by atoms with van der Waals surface area (Å²) in [4.78, 5) is 14.7. The molecule has 1 aromatic rings. The monoisotopic (exact) mass is 250 g/mol. The molecule has 0 aliphatic carbocycles. The fourth-order valence-corrected chi connectivity index (χ4v) is 2.65. The van der Waals surface area contributed by atoms with E-state index in [-0.39, 0.29) is 11.8 Å². The number of thiophene rings is 1. The van der Waals surface area contributed by atoms with E-state index in [1.54, 1.807) is 11.9 Å². The molecule has 0 aliphatic rings. The van der Waals surface area contributed by atoms with Crippen LogP contribution >= 0.6 is 11.3 Å². The van der Waals surface area contributed by atoms with Crippen molar-refractivity contribution >= 4 is 17.2 Å². The molecule has 1 rings (SSSR count). The maximum atomic E-state index is 12.2. The molecule has 1 amide bonds. The molecule has 0 aromatic carbocycles. The molecule has 0 radical (unpaired) electrons. The van der Waals surface area contributed by atoms with Crippen LogP contribution in [0.2, 0.25) is 0 Å². The van der Waals surface area contributed by atoms with Crippen molar-refractivity contribution in [1.29, 1.82) is 5.26 Å². The lowest BCUT2D eigenvalue weighted by atomic mass is 10.0. The molecule has 1 aromatic heterocycles. The predicted molar refractivity (Wildman–Crippen MR) is 69.5 cm³/mol. The third-order valence-electron chi connectivity index (χ3n) is 3.00. The third-order valence-corrected chi connectivity index (χ3v) is 3.93. The fourth-order valence-electron chi connectivity index (χ4n) is 1.84. The first-order valence-corrected chi connectivity index (χ1v) is 6.73. The van der Waals surface area contributed by atoms with E-state index in [9.17, 15) is 10.1 Å². The Morgan fingerprint density at radius 3 is 2.59 bits per heavy atom. The van der Waals surface area contributed by atoms with E-state index in [1.807, 2.05) is 31.4 Å². The van der Waals surface area contributed by atoms with Crippen LogP contribution in [0.25, 0.3) is 0 Å². The van der Waals surface area contributed by atoms with Gasteiger partial charge in [-0.25, -0.2) is 0 Å². The van der Waals surface area contributed by atoms with Crippen LogP contribution < -0.4 is 0 Å². The van der Waals surface area contributed by atoms with Crippen LogP contribution in [-0.4, -0.2) is 17.9 Å². The first kappa shape index (κ1) is 13.7. The molecule has 1 heterocycles. The average molecular weight is 250 g/mol. The van der Waals surface area contributed by atoms with Crippen LogP contribution in [0, 0.1) is 17.2 Å². The van der Waals surface area contributed by atoms with Gasteiger partial charge in [-0.05, 0) is 24.3 Å². The zero-order valence-electron chi connectivity index (χ0n) is 10.5. The zero-order valence-corrected chi connectivity index (χ0v) is 11.3. The number of nitriles is 1. The maximum Gasteiger partial charge on any atom is 0.226 e. The molecule has 1 unspecified atom stereocenters. The Hall–Kier alpha value is -1.34. The second-order valence-electron chi connectivity index (χ2n) is 4.01. The highest BCUT2D eigenvalue weighted by Crippen LogP contribution is 2.25. The number of carbonyl (C=O) groups excluding carboxylic acids is 1. The summed E-state index contributed by atoms with van der Waals surface area (Å²) < 4.78 is 0. The second-order valence-corrected chi connectivity index (χ2v) is 4.99. The van der Waals surface area contributed by atoms with Gasteiger partial charge in [-0.2, -0.15) is 5.26 Å². The molecule has 0 spiro atoms. The molecule has 3 nitrogen and oxygen atoms in total. The molecule has 0 aliphatic heterocycles. The molecule has 4 heteroatoms. The van der Waals surface area contributed by atoms with Gasteiger partial charge < -0.3 is 4.90 Å². The van der Waals surface area contributed by atoms with Crippen LogP contribution in [0.5, 0.6) is 0 Å². The molecule has 0 saturated carbocycles. The minimum Gasteiger partial charge on any atom is -0.325 e. The Morgan fingerprint density at radius 1 is 1.53 bits per heavy atom. The summed E-state index contributed by atoms with van der Waals surface area (Å²) in [5.41, 5.74) is 0. The first-order valence-electron chi connectivity index (χ1n) is 5.85. The van der Waals surface area contributed by atoms with E-state index < -0.39 is 6.04 Å². The van der Waals surface area contributed by atoms with Gasteiger partial charge in [0.25, 0.3) is 0 Å². The fraction of sp³-hybridized carbons (Fsp3) is 0.538. The van der Waals surface area contributed by atoms with Gasteiger partial charge in [0.2, 0.25) is 5.91 Å². The largest absolute Gasteiger partial charge is 0.325 e. The lowest BCUT2D eigenvalue weighted by Gasteiger charge is -2.25. The summed E-state index contributed by atoms with van der Waals surface area (Å²) in [7, 11) is 1.72. The van der Waals surface area contributed by atoms with Gasteiger partial charge in [-0.15, -0.1) is 11.3 Å². The van der Waals surface area contributed by atoms with Gasteiger partial charge >= 0.3 is 0 Å². The van der Waals surface area contributed by atoms with E-state index in [0.29, 0.717) is 0 Å². The van der Waals surface area contributed by atoms with Crippen LogP contribution in [0.1, 0.15) is 37.6 Å². The van der Waals surface area contributed by atoms with Gasteiger partial charge in [0.1, 0.15) is 0 Å². The standard InChI is InChI=1S/C13H18N2OS/c1-4-10(5-2)13(16)15(3)11(9-14)12-7-6-8-17-12/h6-8,10-11H,4-5H2,1-3H3. The van der Waals surface area contributed by atoms with Gasteiger partial charge in [0.05, 0.1) is 6.07 Å². The van der Waals surface area contributed by atoms with E-state index >= 15 is 0 Å². The van der Waals surface area contributed by atoms with Crippen LogP contribution in [0.4, 0.5) is 0 Å². The SMILES string of the molecule is CCC(CC)C(=O)N(C)C(C#N)c1cccs1. The van der Waals surface area contributed by atoms with Crippen molar-refractivity contribution in [3.8, 4) is 6.07 Å². The Balaban J connectivity index is 2.84. The minimum atomic E-state index is -0.455. The molecular formula is C13H18N2OS. The van der Waals surface area contributed by atoms with Gasteiger partial charge in [0, 0.05) is 17.8 Å². The molecule has 0 bridgehead atoms. The number of nitrogens with zero attached hydrogens (tertiary/aromatic N) is 2. The number of carbonyl (C=O) groups is 1. The van der Waals surface area contributed by atoms with Gasteiger partial charge in [-0.3, -0.25) is 4.79 Å². The zero-order chi connectivity index (χ0) is 12.8. The van der Waals surface area contributed by atoms with E-state index in [2.05, 4.69) is 6.07 Å². The average Bonchev–Trinajstić information content (AvgIpc) is 2.85. The van der Waals surface area contributed by atoms with Crippen molar-refractivity contribution in [2.75, 3.05) is 7.05 Å². The van der Waals surface area contributed by atoms with Gasteiger partial charge in [-0.1, -0.05) is 19.9 Å². The summed E-state index contributed by atoms with van der Waals surface area (Å²) in [5, 5.41) is 11.1. The second kappa shape index (κ2) is 6.41. The van der Waals surface area contributed by atoms with Crippen molar-refractivity contribution in [1.82, 2.24) is 4.90 Å². The lowest BCUT2D eigenvalue weighted by Crippen LogP contribution is -2.34. The molecule has 17 heavy (non-hydrogen) atoms. The van der Waals surface area contributed by atoms with E-state index in [0.717, 1.165) is 17.7 Å². The molecular weight excluding hydrogens is 232 g/mol. The highest BCUT2D eigenvalue weighted by Gasteiger charge is 2.26. The highest BCUT2D eigenvalue weighted by molar-refractivity contribution is 7.10. The first-order chi connectivity index (χ1) is 8.15. The van der Waals surface area contributed by atoms with Crippen molar-refractivity contribution < 1.29 is 4.79 Å². The Kier molecular flexibility index (Phi) is 5.17. The topological polar surface area (TPSA) is 44.1 Å². The molecule has 0 saturated heterocycles. The molecule has 0 fully saturated rings. The Morgan fingerprint density at radius 2 is 2.18 bits per heavy atom. The quantitative estimate of drug-likeness (QED) is 0.805. The number of rotatable bonds is 5. The predicted octanol–water partition coefficient (Wildman–Crippen LogP) is 3.21. The summed E-state index contributed by atoms with van der Waals surface area (Å²) in [6, 6.07) is 5.55. The van der Waals surface area contributed by atoms with Crippen LogP contribution in [-0.2, 0) is 4.79 Å². The van der Waals surface area contributed by atoms with E-state index in [1.165, 1.54) is 11.3 Å². The van der Waals surface area contributed by atoms with Crippen molar-refractivity contribution in [3.63, 3.8) is 0 Å². The van der Waals surface area contributed by atoms with Crippen molar-refractivity contribution in [2.45, 2.75) is 32.7 Å². The summed E-state index contributed by atoms with van der Waals surface area (Å²) in [5.74, 6) is 0.0887. The van der Waals surface area contributed by atoms with Crippen LogP contribution in [0.15, 0.2) is 17.5 Å². The van der Waals surface area contributed by atoms with Crippen molar-refractivity contribution in [3.05, 3.63) is 22.4 Å². The number of hydrogen-bond donors (Lipinski definition) is 0. The Bertz CT molecular complexity index is 390. The summed E-state index contributed by atoms with van der Waals surface area (Å²) in [6.45, 7) is 4.01. The Labute approximate surface area is 107 Å². The number of hydrogen-bond acceptors (Lipinski definition) is 3. The van der Waals surface area contributed by atoms with Crippen LogP contribution in [0.3, 0.4) is 0 Å². The normalized spacial score (nSPS) is 12.2. The van der Waals surface area contributed by atoms with Crippen molar-refractivity contribution in [2.24, 2.45) is 5.92 Å². The molecule has 1 atom stereocenters. The maximum absolute atomic E-state index is 12.2. The summed E-state index contributed by atoms with van der Waals surface area (Å²) in [6.07, 6.45) is 1.64. The highest BCUT2D eigenvalue weighted by atomic mass is 32.1. The number of amides is 1.